The fourth-order valence-electron chi connectivity index (χ4n) is 2.57. The molecular weight excluding hydrogens is 292 g/mol. The minimum atomic E-state index is -1.71. The molecule has 1 N–H and O–H groups in total. The van der Waals surface area contributed by atoms with Crippen LogP contribution in [0.1, 0.15) is 27.2 Å². The highest BCUT2D eigenvalue weighted by Crippen LogP contribution is 2.44. The van der Waals surface area contributed by atoms with Gasteiger partial charge in [-0.1, -0.05) is 17.7 Å². The molecule has 0 saturated carbocycles. The number of fused-ring (bicyclic) bond motifs is 1. The Labute approximate surface area is 128 Å². The molecule has 0 amide bonds. The maximum Gasteiger partial charge on any atom is 0.206 e. The zero-order chi connectivity index (χ0) is 15.8. The van der Waals surface area contributed by atoms with E-state index in [2.05, 4.69) is 0 Å². The van der Waals surface area contributed by atoms with Crippen LogP contribution in [0.5, 0.6) is 0 Å². The van der Waals surface area contributed by atoms with E-state index in [1.165, 1.54) is 20.1 Å². The summed E-state index contributed by atoms with van der Waals surface area (Å²) >= 11 is 6.11. The normalized spacial score (nSPS) is 29.0. The van der Waals surface area contributed by atoms with E-state index in [1.54, 1.807) is 18.2 Å². The van der Waals surface area contributed by atoms with Crippen molar-refractivity contribution in [1.82, 2.24) is 0 Å². The van der Waals surface area contributed by atoms with Crippen molar-refractivity contribution < 1.29 is 19.4 Å². The van der Waals surface area contributed by atoms with Crippen molar-refractivity contribution in [2.45, 2.75) is 32.8 Å². The quantitative estimate of drug-likeness (QED) is 0.871. The van der Waals surface area contributed by atoms with Gasteiger partial charge in [-0.05, 0) is 32.9 Å². The van der Waals surface area contributed by atoms with Gasteiger partial charge in [0.15, 0.2) is 0 Å². The Morgan fingerprint density at radius 3 is 2.81 bits per heavy atom. The number of hydrogen-bond donors (Lipinski definition) is 1. The predicted octanol–water partition coefficient (Wildman–Crippen LogP) is 2.78. The number of allylic oxidation sites excluding steroid dienone is 4. The molecule has 0 aromatic rings. The number of aliphatic hydroxyl groups is 1. The van der Waals surface area contributed by atoms with Crippen molar-refractivity contribution >= 4 is 23.2 Å². The second kappa shape index (κ2) is 5.62. The van der Waals surface area contributed by atoms with E-state index < -0.39 is 17.3 Å². The van der Waals surface area contributed by atoms with Crippen molar-refractivity contribution in [3.05, 3.63) is 46.4 Å². The lowest BCUT2D eigenvalue weighted by atomic mass is 9.70. The lowest BCUT2D eigenvalue weighted by Gasteiger charge is -2.38. The highest BCUT2D eigenvalue weighted by molar-refractivity contribution is 6.45. The molecule has 5 heteroatoms. The van der Waals surface area contributed by atoms with Gasteiger partial charge in [0.05, 0.1) is 11.3 Å². The zero-order valence-corrected chi connectivity index (χ0v) is 12.9. The molecule has 1 aliphatic carbocycles. The Kier molecular flexibility index (Phi) is 4.21. The van der Waals surface area contributed by atoms with Gasteiger partial charge in [-0.15, -0.1) is 0 Å². The van der Waals surface area contributed by atoms with Gasteiger partial charge < -0.3 is 14.6 Å². The van der Waals surface area contributed by atoms with Gasteiger partial charge in [0.25, 0.3) is 0 Å². The van der Waals surface area contributed by atoms with E-state index in [-0.39, 0.29) is 17.2 Å². The Balaban J connectivity index is 2.56. The summed E-state index contributed by atoms with van der Waals surface area (Å²) in [4.78, 5) is 23.8. The minimum Gasteiger partial charge on any atom is -0.465 e. The van der Waals surface area contributed by atoms with Crippen LogP contribution in [0.2, 0.25) is 0 Å². The molecule has 112 valence electrons. The summed E-state index contributed by atoms with van der Waals surface area (Å²) in [6, 6.07) is 0. The summed E-state index contributed by atoms with van der Waals surface area (Å²) in [7, 11) is 0. The van der Waals surface area contributed by atoms with E-state index in [0.717, 1.165) is 0 Å². The van der Waals surface area contributed by atoms with Crippen molar-refractivity contribution in [3.8, 4) is 0 Å². The second-order valence-corrected chi connectivity index (χ2v) is 5.78. The number of ether oxygens (including phenoxy) is 1. The number of ketones is 2. The number of carbonyl (C=O) groups excluding carboxylic acids is 2. The summed E-state index contributed by atoms with van der Waals surface area (Å²) in [6.07, 6.45) is 6.70. The fraction of sp³-hybridized carbons (Fsp3) is 0.375. The monoisotopic (exact) mass is 308 g/mol. The van der Waals surface area contributed by atoms with Gasteiger partial charge in [0.1, 0.15) is 17.1 Å². The molecule has 0 spiro atoms. The van der Waals surface area contributed by atoms with Gasteiger partial charge in [0.2, 0.25) is 5.78 Å². The molecule has 2 aliphatic rings. The van der Waals surface area contributed by atoms with Crippen LogP contribution in [-0.2, 0) is 14.3 Å². The first-order valence-corrected chi connectivity index (χ1v) is 7.04. The third-order valence-corrected chi connectivity index (χ3v) is 4.07. The SMILES string of the molecule is C/C=C/C1=CC2=C(Cl)C(=O)C(C)(O)C(CC(C)=O)C2=CO1. The lowest BCUT2D eigenvalue weighted by molar-refractivity contribution is -0.137. The van der Waals surface area contributed by atoms with E-state index in [1.807, 2.05) is 6.92 Å². The molecule has 2 atom stereocenters. The fourth-order valence-corrected chi connectivity index (χ4v) is 2.92. The van der Waals surface area contributed by atoms with Crippen molar-refractivity contribution in [2.24, 2.45) is 5.92 Å². The number of carbonyl (C=O) groups is 2. The van der Waals surface area contributed by atoms with E-state index in [4.69, 9.17) is 16.3 Å². The van der Waals surface area contributed by atoms with Crippen LogP contribution < -0.4 is 0 Å². The number of hydrogen-bond acceptors (Lipinski definition) is 4. The largest absolute Gasteiger partial charge is 0.465 e. The highest BCUT2D eigenvalue weighted by Gasteiger charge is 2.48. The third kappa shape index (κ3) is 2.74. The van der Waals surface area contributed by atoms with Crippen LogP contribution in [0.25, 0.3) is 0 Å². The Morgan fingerprint density at radius 1 is 1.57 bits per heavy atom. The third-order valence-electron chi connectivity index (χ3n) is 3.69. The number of rotatable bonds is 3. The number of halogens is 1. The first kappa shape index (κ1) is 15.7. The Morgan fingerprint density at radius 2 is 2.24 bits per heavy atom. The molecule has 2 rings (SSSR count). The van der Waals surface area contributed by atoms with Crippen molar-refractivity contribution in [2.75, 3.05) is 0 Å². The zero-order valence-electron chi connectivity index (χ0n) is 12.1. The summed E-state index contributed by atoms with van der Waals surface area (Å²) in [5, 5.41) is 10.4. The summed E-state index contributed by atoms with van der Waals surface area (Å²) in [5.74, 6) is -0.802. The molecule has 1 aliphatic heterocycles. The van der Waals surface area contributed by atoms with Gasteiger partial charge in [-0.25, -0.2) is 0 Å². The average Bonchev–Trinajstić information content (AvgIpc) is 2.42. The van der Waals surface area contributed by atoms with Gasteiger partial charge in [0, 0.05) is 23.5 Å². The van der Waals surface area contributed by atoms with E-state index >= 15 is 0 Å². The topological polar surface area (TPSA) is 63.6 Å². The smallest absolute Gasteiger partial charge is 0.206 e. The molecule has 4 nitrogen and oxygen atoms in total. The first-order valence-electron chi connectivity index (χ1n) is 6.67. The summed E-state index contributed by atoms with van der Waals surface area (Å²) < 4.78 is 5.46. The van der Waals surface area contributed by atoms with E-state index in [9.17, 15) is 14.7 Å². The second-order valence-electron chi connectivity index (χ2n) is 5.40. The molecule has 0 bridgehead atoms. The van der Waals surface area contributed by atoms with E-state index in [0.29, 0.717) is 16.9 Å². The maximum absolute atomic E-state index is 12.3. The standard InChI is InChI=1S/C16H17ClO4/c1-4-5-10-7-11-12(8-21-10)13(6-9(2)18)16(3,20)15(19)14(11)17/h4-5,7-8,13,20H,6H2,1-3H3/b5-4+. The summed E-state index contributed by atoms with van der Waals surface area (Å²) in [6.45, 7) is 4.65. The Hall–Kier alpha value is -1.65. The number of Topliss-reactive ketones (excluding diaryl/α,β-unsaturated/α-hetero) is 2. The highest BCUT2D eigenvalue weighted by atomic mass is 35.5. The summed E-state index contributed by atoms with van der Waals surface area (Å²) in [5.41, 5.74) is -0.625. The van der Waals surface area contributed by atoms with Crippen molar-refractivity contribution in [3.63, 3.8) is 0 Å². The van der Waals surface area contributed by atoms with Crippen LogP contribution in [0, 0.1) is 5.92 Å². The van der Waals surface area contributed by atoms with Crippen LogP contribution in [0.4, 0.5) is 0 Å². The molecule has 0 saturated heterocycles. The molecule has 0 fully saturated rings. The first-order chi connectivity index (χ1) is 9.78. The molecule has 21 heavy (non-hydrogen) atoms. The van der Waals surface area contributed by atoms with Crippen LogP contribution in [0.3, 0.4) is 0 Å². The predicted molar refractivity (Wildman–Crippen MR) is 79.4 cm³/mol. The molecule has 0 aromatic carbocycles. The lowest BCUT2D eigenvalue weighted by Crippen LogP contribution is -2.48. The van der Waals surface area contributed by atoms with Crippen molar-refractivity contribution in [1.29, 1.82) is 0 Å². The van der Waals surface area contributed by atoms with Crippen LogP contribution in [-0.4, -0.2) is 22.3 Å². The minimum absolute atomic E-state index is 0.0312. The molecule has 0 radical (unpaired) electrons. The van der Waals surface area contributed by atoms with Gasteiger partial charge in [-0.2, -0.15) is 0 Å². The molecule has 1 heterocycles. The van der Waals surface area contributed by atoms with Gasteiger partial charge in [-0.3, -0.25) is 4.79 Å². The average molecular weight is 309 g/mol. The Bertz CT molecular complexity index is 620. The van der Waals surface area contributed by atoms with Gasteiger partial charge >= 0.3 is 0 Å². The van der Waals surface area contributed by atoms with Crippen LogP contribution >= 0.6 is 11.6 Å². The molecule has 2 unspecified atom stereocenters. The molecule has 0 aromatic heterocycles. The molecular formula is C16H17ClO4. The maximum atomic E-state index is 12.3. The van der Waals surface area contributed by atoms with Crippen LogP contribution in [0.15, 0.2) is 46.4 Å².